The van der Waals surface area contributed by atoms with Crippen molar-refractivity contribution in [2.75, 3.05) is 7.11 Å². The third-order valence-corrected chi connectivity index (χ3v) is 3.74. The second-order valence-corrected chi connectivity index (χ2v) is 5.44. The van der Waals surface area contributed by atoms with Gasteiger partial charge in [0.05, 0.1) is 19.0 Å². The lowest BCUT2D eigenvalue weighted by Crippen LogP contribution is -2.17. The number of ether oxygens (including phenoxy) is 1. The summed E-state index contributed by atoms with van der Waals surface area (Å²) in [5.74, 6) is 0.338. The van der Waals surface area contributed by atoms with Crippen molar-refractivity contribution in [1.29, 1.82) is 0 Å². The normalized spacial score (nSPS) is 10.8. The third-order valence-electron chi connectivity index (χ3n) is 2.42. The molecular weight excluding hydrogens is 344 g/mol. The van der Waals surface area contributed by atoms with E-state index in [1.165, 1.54) is 6.21 Å². The molecule has 0 aliphatic rings. The van der Waals surface area contributed by atoms with Crippen molar-refractivity contribution >= 4 is 39.6 Å². The Balaban J connectivity index is 2.09. The zero-order valence-electron chi connectivity index (χ0n) is 10.8. The summed E-state index contributed by atoms with van der Waals surface area (Å²) in [5, 5.41) is 7.69. The first-order valence-corrected chi connectivity index (χ1v) is 7.14. The number of rotatable bonds is 4. The monoisotopic (exact) mass is 354 g/mol. The molecule has 2 rings (SSSR count). The van der Waals surface area contributed by atoms with Gasteiger partial charge in [-0.05, 0) is 36.7 Å². The lowest BCUT2D eigenvalue weighted by molar-refractivity contribution is 0.0958. The van der Waals surface area contributed by atoms with Gasteiger partial charge >= 0.3 is 0 Å². The van der Waals surface area contributed by atoms with Crippen molar-refractivity contribution in [3.63, 3.8) is 0 Å². The Morgan fingerprint density at radius 2 is 2.35 bits per heavy atom. The Bertz CT molecular complexity index is 657. The Labute approximate surface area is 128 Å². The van der Waals surface area contributed by atoms with Crippen LogP contribution in [0, 0.1) is 6.92 Å². The standard InChI is InChI=1S/C12H11BrN4O2S/c1-7-11(20-17-15-7)12(18)16-14-6-8-5-9(13)3-4-10(8)19-2/h3-6H,1-2H3,(H,16,18)/b14-6-. The highest BCUT2D eigenvalue weighted by atomic mass is 79.9. The topological polar surface area (TPSA) is 76.5 Å². The first-order valence-electron chi connectivity index (χ1n) is 5.57. The summed E-state index contributed by atoms with van der Waals surface area (Å²) in [6, 6.07) is 5.51. The van der Waals surface area contributed by atoms with E-state index in [-0.39, 0.29) is 5.91 Å². The van der Waals surface area contributed by atoms with Gasteiger partial charge in [0, 0.05) is 10.0 Å². The summed E-state index contributed by atoms with van der Waals surface area (Å²) < 4.78 is 9.80. The maximum Gasteiger partial charge on any atom is 0.285 e. The molecule has 1 aromatic carbocycles. The van der Waals surface area contributed by atoms with Gasteiger partial charge in [0.15, 0.2) is 0 Å². The minimum absolute atomic E-state index is 0.331. The van der Waals surface area contributed by atoms with E-state index in [1.807, 2.05) is 18.2 Å². The molecule has 0 unspecified atom stereocenters. The van der Waals surface area contributed by atoms with E-state index in [1.54, 1.807) is 14.0 Å². The van der Waals surface area contributed by atoms with E-state index in [2.05, 4.69) is 36.0 Å². The Morgan fingerprint density at radius 3 is 3.00 bits per heavy atom. The predicted molar refractivity (Wildman–Crippen MR) is 80.4 cm³/mol. The number of carbonyl (C=O) groups is 1. The molecule has 0 saturated carbocycles. The van der Waals surface area contributed by atoms with Crippen LogP contribution in [0.3, 0.4) is 0 Å². The number of hydrazone groups is 1. The minimum atomic E-state index is -0.331. The fourth-order valence-corrected chi connectivity index (χ4v) is 2.38. The molecule has 0 aliphatic carbocycles. The minimum Gasteiger partial charge on any atom is -0.496 e. The fourth-order valence-electron chi connectivity index (χ4n) is 1.46. The molecular formula is C12H11BrN4O2S. The zero-order chi connectivity index (χ0) is 14.5. The van der Waals surface area contributed by atoms with Crippen LogP contribution in [-0.4, -0.2) is 28.8 Å². The van der Waals surface area contributed by atoms with Crippen molar-refractivity contribution in [2.24, 2.45) is 5.10 Å². The quantitative estimate of drug-likeness (QED) is 0.675. The molecule has 8 heteroatoms. The van der Waals surface area contributed by atoms with Crippen molar-refractivity contribution in [1.82, 2.24) is 15.0 Å². The molecule has 1 amide bonds. The van der Waals surface area contributed by atoms with Crippen LogP contribution in [0.1, 0.15) is 20.9 Å². The molecule has 0 bridgehead atoms. The van der Waals surface area contributed by atoms with Crippen molar-refractivity contribution in [3.05, 3.63) is 38.8 Å². The van der Waals surface area contributed by atoms with Gasteiger partial charge in [0.2, 0.25) is 0 Å². The van der Waals surface area contributed by atoms with E-state index in [9.17, 15) is 4.79 Å². The maximum atomic E-state index is 11.8. The van der Waals surface area contributed by atoms with E-state index in [0.717, 1.165) is 21.6 Å². The Kier molecular flexibility index (Phi) is 4.80. The number of halogens is 1. The van der Waals surface area contributed by atoms with E-state index < -0.39 is 0 Å². The molecule has 1 N–H and O–H groups in total. The predicted octanol–water partition coefficient (Wildman–Crippen LogP) is 2.38. The Hall–Kier alpha value is -1.80. The number of nitrogens with zero attached hydrogens (tertiary/aromatic N) is 3. The van der Waals surface area contributed by atoms with Gasteiger partial charge in [-0.2, -0.15) is 5.10 Å². The molecule has 0 fully saturated rings. The summed E-state index contributed by atoms with van der Waals surface area (Å²) in [4.78, 5) is 12.3. The van der Waals surface area contributed by atoms with Crippen molar-refractivity contribution in [3.8, 4) is 5.75 Å². The van der Waals surface area contributed by atoms with Gasteiger partial charge in [-0.25, -0.2) is 5.43 Å². The molecule has 0 spiro atoms. The summed E-state index contributed by atoms with van der Waals surface area (Å²) in [7, 11) is 1.57. The molecule has 20 heavy (non-hydrogen) atoms. The van der Waals surface area contributed by atoms with Crippen molar-refractivity contribution in [2.45, 2.75) is 6.92 Å². The van der Waals surface area contributed by atoms with Crippen LogP contribution < -0.4 is 10.2 Å². The second-order valence-electron chi connectivity index (χ2n) is 3.77. The number of hydrogen-bond donors (Lipinski definition) is 1. The number of carbonyl (C=O) groups excluding carboxylic acids is 1. The van der Waals surface area contributed by atoms with Gasteiger partial charge in [0.25, 0.3) is 5.91 Å². The van der Waals surface area contributed by atoms with Crippen LogP contribution in [0.15, 0.2) is 27.8 Å². The van der Waals surface area contributed by atoms with Gasteiger partial charge < -0.3 is 4.74 Å². The van der Waals surface area contributed by atoms with Crippen LogP contribution >= 0.6 is 27.5 Å². The van der Waals surface area contributed by atoms with Crippen LogP contribution in [0.4, 0.5) is 0 Å². The highest BCUT2D eigenvalue weighted by Crippen LogP contribution is 2.21. The first kappa shape index (κ1) is 14.6. The Morgan fingerprint density at radius 1 is 1.55 bits per heavy atom. The zero-order valence-corrected chi connectivity index (χ0v) is 13.2. The SMILES string of the molecule is COc1ccc(Br)cc1/C=N\NC(=O)c1snnc1C. The number of hydrogen-bond acceptors (Lipinski definition) is 6. The lowest BCUT2D eigenvalue weighted by atomic mass is 10.2. The van der Waals surface area contributed by atoms with Crippen molar-refractivity contribution < 1.29 is 9.53 Å². The molecule has 104 valence electrons. The molecule has 1 heterocycles. The molecule has 0 radical (unpaired) electrons. The smallest absolute Gasteiger partial charge is 0.285 e. The average Bonchev–Trinajstić information content (AvgIpc) is 2.85. The number of amides is 1. The average molecular weight is 355 g/mol. The lowest BCUT2D eigenvalue weighted by Gasteiger charge is -2.04. The van der Waals surface area contributed by atoms with Crippen LogP contribution in [0.5, 0.6) is 5.75 Å². The van der Waals surface area contributed by atoms with Gasteiger partial charge in [-0.15, -0.1) is 5.10 Å². The van der Waals surface area contributed by atoms with E-state index in [4.69, 9.17) is 4.74 Å². The summed E-state index contributed by atoms with van der Waals surface area (Å²) in [5.41, 5.74) is 3.77. The van der Waals surface area contributed by atoms with E-state index in [0.29, 0.717) is 16.3 Å². The molecule has 6 nitrogen and oxygen atoms in total. The number of aryl methyl sites for hydroxylation is 1. The highest BCUT2D eigenvalue weighted by molar-refractivity contribution is 9.10. The fraction of sp³-hybridized carbons (Fsp3) is 0.167. The van der Waals surface area contributed by atoms with Gasteiger partial charge in [0.1, 0.15) is 10.6 Å². The number of aromatic nitrogens is 2. The number of benzene rings is 1. The summed E-state index contributed by atoms with van der Waals surface area (Å²) in [6.45, 7) is 1.72. The van der Waals surface area contributed by atoms with Crippen LogP contribution in [0.2, 0.25) is 0 Å². The second kappa shape index (κ2) is 6.58. The first-order chi connectivity index (χ1) is 9.61. The van der Waals surface area contributed by atoms with E-state index >= 15 is 0 Å². The van der Waals surface area contributed by atoms with Gasteiger partial charge in [-0.1, -0.05) is 20.4 Å². The molecule has 2 aromatic rings. The molecule has 0 atom stereocenters. The highest BCUT2D eigenvalue weighted by Gasteiger charge is 2.11. The number of nitrogens with one attached hydrogen (secondary N) is 1. The number of methoxy groups -OCH3 is 1. The largest absolute Gasteiger partial charge is 0.496 e. The molecule has 0 saturated heterocycles. The molecule has 0 aliphatic heterocycles. The summed E-state index contributed by atoms with van der Waals surface area (Å²) in [6.07, 6.45) is 1.52. The van der Waals surface area contributed by atoms with Crippen LogP contribution in [0.25, 0.3) is 0 Å². The third kappa shape index (κ3) is 3.40. The molecule has 1 aromatic heterocycles. The summed E-state index contributed by atoms with van der Waals surface area (Å²) >= 11 is 4.40. The maximum absolute atomic E-state index is 11.8. The van der Waals surface area contributed by atoms with Crippen LogP contribution in [-0.2, 0) is 0 Å². The van der Waals surface area contributed by atoms with Gasteiger partial charge in [-0.3, -0.25) is 4.79 Å².